The molecule has 2 rings (SSSR count). The van der Waals surface area contributed by atoms with E-state index < -0.39 is 0 Å². The molecule has 18 heavy (non-hydrogen) atoms. The zero-order valence-corrected chi connectivity index (χ0v) is 10.4. The molecule has 0 saturated heterocycles. The standard InChI is InChI=1S/C15H13BO2/c1-10-2-4-14(11(6-10)8-17)15-5-3-13(16)7-12(15)9-18/h2-9H,16H2,1H3. The molecule has 0 aliphatic heterocycles. The molecule has 0 fully saturated rings. The zero-order chi connectivity index (χ0) is 13.1. The smallest absolute Gasteiger partial charge is 0.150 e. The number of carbonyl (C=O) groups excluding carboxylic acids is 2. The van der Waals surface area contributed by atoms with Crippen molar-refractivity contribution in [2.24, 2.45) is 0 Å². The monoisotopic (exact) mass is 236 g/mol. The zero-order valence-electron chi connectivity index (χ0n) is 10.4. The van der Waals surface area contributed by atoms with Crippen molar-refractivity contribution < 1.29 is 9.59 Å². The van der Waals surface area contributed by atoms with Crippen molar-refractivity contribution in [3.63, 3.8) is 0 Å². The van der Waals surface area contributed by atoms with E-state index in [2.05, 4.69) is 0 Å². The molecular formula is C15H13BO2. The van der Waals surface area contributed by atoms with Gasteiger partial charge in [-0.25, -0.2) is 0 Å². The Labute approximate surface area is 107 Å². The molecule has 0 saturated carbocycles. The van der Waals surface area contributed by atoms with Gasteiger partial charge in [-0.3, -0.25) is 9.59 Å². The van der Waals surface area contributed by atoms with Crippen molar-refractivity contribution in [3.05, 3.63) is 53.1 Å². The summed E-state index contributed by atoms with van der Waals surface area (Å²) in [6, 6.07) is 11.3. The number of aldehydes is 2. The lowest BCUT2D eigenvalue weighted by molar-refractivity contribution is 0.111. The van der Waals surface area contributed by atoms with Gasteiger partial charge in [0.1, 0.15) is 7.85 Å². The Morgan fingerprint density at radius 1 is 0.889 bits per heavy atom. The predicted molar refractivity (Wildman–Crippen MR) is 75.6 cm³/mol. The number of aryl methyl sites for hydroxylation is 1. The normalized spacial score (nSPS) is 10.1. The van der Waals surface area contributed by atoms with E-state index in [9.17, 15) is 9.59 Å². The van der Waals surface area contributed by atoms with E-state index in [-0.39, 0.29) is 0 Å². The Bertz CT molecular complexity index is 562. The second-order valence-corrected chi connectivity index (χ2v) is 4.42. The van der Waals surface area contributed by atoms with Gasteiger partial charge in [0.25, 0.3) is 0 Å². The second kappa shape index (κ2) is 5.00. The van der Waals surface area contributed by atoms with Crippen molar-refractivity contribution in [2.45, 2.75) is 6.92 Å². The summed E-state index contributed by atoms with van der Waals surface area (Å²) in [6.07, 6.45) is 1.66. The van der Waals surface area contributed by atoms with Gasteiger partial charge in [-0.05, 0) is 24.1 Å². The summed E-state index contributed by atoms with van der Waals surface area (Å²) in [4.78, 5) is 22.3. The minimum Gasteiger partial charge on any atom is -0.298 e. The molecule has 0 bridgehead atoms. The fourth-order valence-electron chi connectivity index (χ4n) is 2.05. The van der Waals surface area contributed by atoms with Crippen LogP contribution in [0.5, 0.6) is 0 Å². The van der Waals surface area contributed by atoms with Crippen LogP contribution in [-0.2, 0) is 0 Å². The first-order valence-electron chi connectivity index (χ1n) is 5.77. The number of hydrogen-bond acceptors (Lipinski definition) is 2. The molecule has 0 spiro atoms. The number of benzene rings is 2. The predicted octanol–water partition coefficient (Wildman–Crippen LogP) is 1.55. The first-order chi connectivity index (χ1) is 8.65. The quantitative estimate of drug-likeness (QED) is 0.598. The number of hydrogen-bond donors (Lipinski definition) is 0. The Kier molecular flexibility index (Phi) is 3.42. The van der Waals surface area contributed by atoms with E-state index in [1.807, 2.05) is 51.2 Å². The van der Waals surface area contributed by atoms with Gasteiger partial charge < -0.3 is 0 Å². The van der Waals surface area contributed by atoms with Gasteiger partial charge in [0.2, 0.25) is 0 Å². The first-order valence-corrected chi connectivity index (χ1v) is 5.77. The molecule has 0 heterocycles. The summed E-state index contributed by atoms with van der Waals surface area (Å²) in [7, 11) is 1.94. The van der Waals surface area contributed by atoms with Crippen LogP contribution in [0.2, 0.25) is 0 Å². The van der Waals surface area contributed by atoms with Gasteiger partial charge in [0.15, 0.2) is 12.6 Å². The largest absolute Gasteiger partial charge is 0.298 e. The summed E-state index contributed by atoms with van der Waals surface area (Å²) in [5, 5.41) is 0. The summed E-state index contributed by atoms with van der Waals surface area (Å²) < 4.78 is 0. The van der Waals surface area contributed by atoms with Crippen LogP contribution in [0.1, 0.15) is 26.3 Å². The lowest BCUT2D eigenvalue weighted by Gasteiger charge is -2.09. The van der Waals surface area contributed by atoms with Crippen molar-refractivity contribution in [1.82, 2.24) is 0 Å². The van der Waals surface area contributed by atoms with Gasteiger partial charge in [0, 0.05) is 11.1 Å². The molecule has 2 aromatic carbocycles. The van der Waals surface area contributed by atoms with Gasteiger partial charge in [-0.1, -0.05) is 41.4 Å². The average molecular weight is 236 g/mol. The molecule has 0 unspecified atom stereocenters. The van der Waals surface area contributed by atoms with E-state index >= 15 is 0 Å². The lowest BCUT2D eigenvalue weighted by atomic mass is 9.88. The number of carbonyl (C=O) groups is 2. The van der Waals surface area contributed by atoms with E-state index in [4.69, 9.17) is 0 Å². The van der Waals surface area contributed by atoms with Gasteiger partial charge in [-0.2, -0.15) is 0 Å². The summed E-state index contributed by atoms with van der Waals surface area (Å²) in [5.74, 6) is 0. The molecule has 2 nitrogen and oxygen atoms in total. The van der Waals surface area contributed by atoms with Crippen LogP contribution >= 0.6 is 0 Å². The number of rotatable bonds is 3. The SMILES string of the molecule is Bc1ccc(-c2ccc(C)cc2C=O)c(C=O)c1. The van der Waals surface area contributed by atoms with Gasteiger partial charge in [-0.15, -0.1) is 0 Å². The first kappa shape index (κ1) is 12.3. The summed E-state index contributed by atoms with van der Waals surface area (Å²) in [6.45, 7) is 1.94. The van der Waals surface area contributed by atoms with Crippen molar-refractivity contribution >= 4 is 25.9 Å². The topological polar surface area (TPSA) is 34.1 Å². The highest BCUT2D eigenvalue weighted by Crippen LogP contribution is 2.25. The molecule has 0 radical (unpaired) electrons. The van der Waals surface area contributed by atoms with Crippen LogP contribution in [-0.4, -0.2) is 20.4 Å². The third-order valence-electron chi connectivity index (χ3n) is 2.96. The molecular weight excluding hydrogens is 223 g/mol. The molecule has 0 aliphatic carbocycles. The van der Waals surface area contributed by atoms with Gasteiger partial charge >= 0.3 is 0 Å². The fraction of sp³-hybridized carbons (Fsp3) is 0.0667. The third kappa shape index (κ3) is 2.25. The maximum Gasteiger partial charge on any atom is 0.150 e. The summed E-state index contributed by atoms with van der Waals surface area (Å²) >= 11 is 0. The molecule has 0 N–H and O–H groups in total. The fourth-order valence-corrected chi connectivity index (χ4v) is 2.05. The maximum atomic E-state index is 11.1. The van der Waals surface area contributed by atoms with Crippen molar-refractivity contribution in [1.29, 1.82) is 0 Å². The third-order valence-corrected chi connectivity index (χ3v) is 2.96. The van der Waals surface area contributed by atoms with E-state index in [0.717, 1.165) is 34.7 Å². The molecule has 88 valence electrons. The van der Waals surface area contributed by atoms with Crippen LogP contribution in [0.3, 0.4) is 0 Å². The van der Waals surface area contributed by atoms with Crippen LogP contribution in [0.4, 0.5) is 0 Å². The highest BCUT2D eigenvalue weighted by Gasteiger charge is 2.09. The van der Waals surface area contributed by atoms with Crippen LogP contribution < -0.4 is 5.46 Å². The van der Waals surface area contributed by atoms with Crippen LogP contribution in [0.25, 0.3) is 11.1 Å². The maximum absolute atomic E-state index is 11.1. The molecule has 3 heteroatoms. The lowest BCUT2D eigenvalue weighted by Crippen LogP contribution is -2.04. The Balaban J connectivity index is 2.68. The Hall–Kier alpha value is -2.16. The van der Waals surface area contributed by atoms with Crippen molar-refractivity contribution in [2.75, 3.05) is 0 Å². The molecule has 0 atom stereocenters. The molecule has 2 aromatic rings. The Morgan fingerprint density at radius 2 is 1.44 bits per heavy atom. The van der Waals surface area contributed by atoms with Gasteiger partial charge in [0.05, 0.1) is 0 Å². The van der Waals surface area contributed by atoms with Crippen molar-refractivity contribution in [3.8, 4) is 11.1 Å². The molecule has 0 aromatic heterocycles. The van der Waals surface area contributed by atoms with E-state index in [0.29, 0.717) is 11.1 Å². The second-order valence-electron chi connectivity index (χ2n) is 4.42. The highest BCUT2D eigenvalue weighted by atomic mass is 16.1. The minimum absolute atomic E-state index is 0.613. The van der Waals surface area contributed by atoms with Crippen LogP contribution in [0.15, 0.2) is 36.4 Å². The van der Waals surface area contributed by atoms with E-state index in [1.54, 1.807) is 0 Å². The minimum atomic E-state index is 0.613. The summed E-state index contributed by atoms with van der Waals surface area (Å²) in [5.41, 5.74) is 4.89. The molecule has 0 aliphatic rings. The molecule has 0 amide bonds. The average Bonchev–Trinajstić information content (AvgIpc) is 2.38. The Morgan fingerprint density at radius 3 is 2.06 bits per heavy atom. The van der Waals surface area contributed by atoms with E-state index in [1.165, 1.54) is 0 Å². The van der Waals surface area contributed by atoms with Crippen LogP contribution in [0, 0.1) is 6.92 Å². The highest BCUT2D eigenvalue weighted by molar-refractivity contribution is 6.32.